The van der Waals surface area contributed by atoms with E-state index >= 15 is 0 Å². The van der Waals surface area contributed by atoms with Gasteiger partial charge in [-0.1, -0.05) is 13.8 Å². The first-order valence-corrected chi connectivity index (χ1v) is 8.35. The summed E-state index contributed by atoms with van der Waals surface area (Å²) in [4.78, 5) is 7.11. The Kier molecular flexibility index (Phi) is 5.91. The summed E-state index contributed by atoms with van der Waals surface area (Å²) in [5, 5.41) is 12.2. The lowest BCUT2D eigenvalue weighted by atomic mass is 9.97. The van der Waals surface area contributed by atoms with Crippen molar-refractivity contribution in [3.63, 3.8) is 0 Å². The van der Waals surface area contributed by atoms with Gasteiger partial charge in [0.05, 0.1) is 11.4 Å². The van der Waals surface area contributed by atoms with E-state index in [1.165, 1.54) is 12.8 Å². The maximum Gasteiger partial charge on any atom is 0.245 e. The van der Waals surface area contributed by atoms with Crippen molar-refractivity contribution in [2.45, 2.75) is 59.4 Å². The Morgan fingerprint density at radius 3 is 2.33 bits per heavy atom. The molecule has 1 aromatic rings. The third kappa shape index (κ3) is 4.13. The minimum absolute atomic E-state index is 0.402. The number of aryl methyl sites for hydroxylation is 2. The summed E-state index contributed by atoms with van der Waals surface area (Å²) in [6.45, 7) is 12.0. The van der Waals surface area contributed by atoms with Crippen LogP contribution < -0.4 is 10.2 Å². The highest BCUT2D eigenvalue weighted by Crippen LogP contribution is 2.19. The van der Waals surface area contributed by atoms with Crippen LogP contribution in [-0.4, -0.2) is 40.9 Å². The smallest absolute Gasteiger partial charge is 0.245 e. The molecule has 1 aliphatic heterocycles. The average molecular weight is 291 g/mol. The van der Waals surface area contributed by atoms with Gasteiger partial charge < -0.3 is 10.2 Å². The molecule has 0 amide bonds. The zero-order valence-electron chi connectivity index (χ0n) is 13.9. The van der Waals surface area contributed by atoms with E-state index in [1.54, 1.807) is 0 Å². The van der Waals surface area contributed by atoms with Gasteiger partial charge >= 0.3 is 0 Å². The Hall–Kier alpha value is -1.23. The molecule has 0 radical (unpaired) electrons. The molecular formula is C16H29N5. The second-order valence-electron chi connectivity index (χ2n) is 6.15. The number of nitrogens with one attached hydrogen (secondary N) is 1. The molecule has 0 saturated carbocycles. The Morgan fingerprint density at radius 2 is 1.76 bits per heavy atom. The molecule has 5 heteroatoms. The largest absolute Gasteiger partial charge is 0.337 e. The molecule has 21 heavy (non-hydrogen) atoms. The zero-order valence-corrected chi connectivity index (χ0v) is 13.9. The molecule has 118 valence electrons. The number of anilines is 1. The van der Waals surface area contributed by atoms with Gasteiger partial charge in [-0.15, -0.1) is 5.10 Å². The topological polar surface area (TPSA) is 53.9 Å². The van der Waals surface area contributed by atoms with Crippen LogP contribution in [0.1, 0.15) is 51.9 Å². The fourth-order valence-corrected chi connectivity index (χ4v) is 2.92. The van der Waals surface area contributed by atoms with Crippen LogP contribution in [0.4, 0.5) is 5.95 Å². The molecule has 0 atom stereocenters. The molecule has 2 rings (SSSR count). The van der Waals surface area contributed by atoms with Gasteiger partial charge in [0.15, 0.2) is 0 Å². The quantitative estimate of drug-likeness (QED) is 0.871. The van der Waals surface area contributed by atoms with Crippen molar-refractivity contribution in [2.75, 3.05) is 24.5 Å². The summed E-state index contributed by atoms with van der Waals surface area (Å²) in [7, 11) is 0. The summed E-state index contributed by atoms with van der Waals surface area (Å²) >= 11 is 0. The number of rotatable bonds is 6. The van der Waals surface area contributed by atoms with Crippen molar-refractivity contribution in [1.82, 2.24) is 20.5 Å². The van der Waals surface area contributed by atoms with Gasteiger partial charge in [-0.25, -0.2) is 4.98 Å². The number of nitrogens with zero attached hydrogens (tertiary/aromatic N) is 4. The lowest BCUT2D eigenvalue weighted by Crippen LogP contribution is -2.40. The van der Waals surface area contributed by atoms with Crippen molar-refractivity contribution >= 4 is 5.95 Å². The van der Waals surface area contributed by atoms with E-state index in [9.17, 15) is 0 Å². The van der Waals surface area contributed by atoms with Crippen LogP contribution in [0.15, 0.2) is 0 Å². The highest BCUT2D eigenvalue weighted by molar-refractivity contribution is 5.32. The van der Waals surface area contributed by atoms with Crippen molar-refractivity contribution in [2.24, 2.45) is 5.92 Å². The van der Waals surface area contributed by atoms with Crippen LogP contribution >= 0.6 is 0 Å². The third-order valence-electron chi connectivity index (χ3n) is 4.29. The first-order chi connectivity index (χ1) is 10.2. The second kappa shape index (κ2) is 7.69. The highest BCUT2D eigenvalue weighted by atomic mass is 15.3. The van der Waals surface area contributed by atoms with Gasteiger partial charge in [0.2, 0.25) is 5.95 Å². The molecule has 0 unspecified atom stereocenters. The van der Waals surface area contributed by atoms with E-state index in [2.05, 4.69) is 48.1 Å². The first-order valence-electron chi connectivity index (χ1n) is 8.35. The SMILES string of the molecule is CCc1nnc(N(CC2CCNCC2)C(C)C)nc1CC. The maximum atomic E-state index is 4.79. The van der Waals surface area contributed by atoms with Crippen LogP contribution in [0.5, 0.6) is 0 Å². The molecular weight excluding hydrogens is 262 g/mol. The molecule has 0 aromatic carbocycles. The van der Waals surface area contributed by atoms with E-state index in [1.807, 2.05) is 0 Å². The normalized spacial score (nSPS) is 16.4. The van der Waals surface area contributed by atoms with Crippen LogP contribution in [0, 0.1) is 5.92 Å². The lowest BCUT2D eigenvalue weighted by Gasteiger charge is -2.32. The zero-order chi connectivity index (χ0) is 15.2. The fraction of sp³-hybridized carbons (Fsp3) is 0.812. The first kappa shape index (κ1) is 16.1. The highest BCUT2D eigenvalue weighted by Gasteiger charge is 2.22. The molecule has 1 saturated heterocycles. The predicted molar refractivity (Wildman–Crippen MR) is 86.7 cm³/mol. The lowest BCUT2D eigenvalue weighted by molar-refractivity contribution is 0.365. The average Bonchev–Trinajstić information content (AvgIpc) is 2.52. The number of hydrogen-bond acceptors (Lipinski definition) is 5. The predicted octanol–water partition coefficient (Wildman–Crippen LogP) is 2.21. The summed E-state index contributed by atoms with van der Waals surface area (Å²) < 4.78 is 0. The van der Waals surface area contributed by atoms with Crippen LogP contribution in [-0.2, 0) is 12.8 Å². The molecule has 1 N–H and O–H groups in total. The van der Waals surface area contributed by atoms with Gasteiger partial charge in [0.1, 0.15) is 0 Å². The third-order valence-corrected chi connectivity index (χ3v) is 4.29. The summed E-state index contributed by atoms with van der Waals surface area (Å²) in [5.74, 6) is 1.53. The van der Waals surface area contributed by atoms with E-state index in [-0.39, 0.29) is 0 Å². The number of piperidine rings is 1. The minimum Gasteiger partial charge on any atom is -0.337 e. The minimum atomic E-state index is 0.402. The fourth-order valence-electron chi connectivity index (χ4n) is 2.92. The van der Waals surface area contributed by atoms with Crippen LogP contribution in [0.3, 0.4) is 0 Å². The standard InChI is InChI=1S/C16H29N5/c1-5-14-15(6-2)19-20-16(18-14)21(12(3)4)11-13-7-9-17-10-8-13/h12-13,17H,5-11H2,1-4H3. The van der Waals surface area contributed by atoms with E-state index < -0.39 is 0 Å². The Morgan fingerprint density at radius 1 is 1.10 bits per heavy atom. The van der Waals surface area contributed by atoms with Gasteiger partial charge in [-0.05, 0) is 58.5 Å². The van der Waals surface area contributed by atoms with Crippen molar-refractivity contribution < 1.29 is 0 Å². The Labute approximate surface area is 128 Å². The van der Waals surface area contributed by atoms with Crippen LogP contribution in [0.25, 0.3) is 0 Å². The molecule has 1 aliphatic rings. The monoisotopic (exact) mass is 291 g/mol. The Balaban J connectivity index is 2.17. The van der Waals surface area contributed by atoms with Gasteiger partial charge in [0, 0.05) is 12.6 Å². The van der Waals surface area contributed by atoms with Gasteiger partial charge in [0.25, 0.3) is 0 Å². The summed E-state index contributed by atoms with van der Waals surface area (Å²) in [6, 6.07) is 0.402. The maximum absolute atomic E-state index is 4.79. The van der Waals surface area contributed by atoms with Crippen molar-refractivity contribution in [3.8, 4) is 0 Å². The van der Waals surface area contributed by atoms with Crippen molar-refractivity contribution in [1.29, 1.82) is 0 Å². The molecule has 1 aromatic heterocycles. The van der Waals surface area contributed by atoms with Gasteiger partial charge in [-0.3, -0.25) is 0 Å². The molecule has 5 nitrogen and oxygen atoms in total. The van der Waals surface area contributed by atoms with E-state index in [0.717, 1.165) is 55.7 Å². The Bertz CT molecular complexity index is 440. The molecule has 1 fully saturated rings. The molecule has 0 spiro atoms. The molecule has 0 bridgehead atoms. The van der Waals surface area contributed by atoms with E-state index in [4.69, 9.17) is 4.98 Å². The molecule has 2 heterocycles. The summed E-state index contributed by atoms with van der Waals surface area (Å²) in [6.07, 6.45) is 4.30. The second-order valence-corrected chi connectivity index (χ2v) is 6.15. The van der Waals surface area contributed by atoms with Gasteiger partial charge in [-0.2, -0.15) is 5.10 Å². The van der Waals surface area contributed by atoms with Crippen LogP contribution in [0.2, 0.25) is 0 Å². The van der Waals surface area contributed by atoms with E-state index in [0.29, 0.717) is 6.04 Å². The number of aromatic nitrogens is 3. The molecule has 0 aliphatic carbocycles. The summed E-state index contributed by atoms with van der Waals surface area (Å²) in [5.41, 5.74) is 2.13. The van der Waals surface area contributed by atoms with Crippen molar-refractivity contribution in [3.05, 3.63) is 11.4 Å². The number of hydrogen-bond donors (Lipinski definition) is 1.